The highest BCUT2D eigenvalue weighted by Gasteiger charge is 2.31. The lowest BCUT2D eigenvalue weighted by atomic mass is 10.1. The molecule has 0 aliphatic carbocycles. The number of hydrogen-bond donors (Lipinski definition) is 1. The lowest BCUT2D eigenvalue weighted by Gasteiger charge is -2.09. The van der Waals surface area contributed by atoms with Crippen molar-refractivity contribution in [2.45, 2.75) is 6.36 Å². The molecular formula is C11H7F3O2S. The van der Waals surface area contributed by atoms with Gasteiger partial charge >= 0.3 is 6.36 Å². The molecule has 1 aromatic rings. The Hall–Kier alpha value is -1.61. The minimum Gasteiger partial charge on any atom is -0.406 e. The van der Waals surface area contributed by atoms with Crippen LogP contribution in [-0.2, 0) is 0 Å². The van der Waals surface area contributed by atoms with Crippen LogP contribution in [0.15, 0.2) is 18.2 Å². The van der Waals surface area contributed by atoms with E-state index in [1.165, 1.54) is 6.07 Å². The Labute approximate surface area is 101 Å². The molecule has 0 bridgehead atoms. The van der Waals surface area contributed by atoms with Gasteiger partial charge < -0.3 is 4.74 Å². The summed E-state index contributed by atoms with van der Waals surface area (Å²) in [6, 6.07) is 3.47. The average molecular weight is 260 g/mol. The fourth-order valence-electron chi connectivity index (χ4n) is 1.10. The van der Waals surface area contributed by atoms with Crippen LogP contribution < -0.4 is 4.74 Å². The Bertz CT molecular complexity index is 472. The SMILES string of the molecule is O=Cc1cc(C#CCS)cc(OC(F)(F)F)c1. The van der Waals surface area contributed by atoms with E-state index < -0.39 is 12.1 Å². The summed E-state index contributed by atoms with van der Waals surface area (Å²) >= 11 is 3.84. The third-order valence-electron chi connectivity index (χ3n) is 1.61. The quantitative estimate of drug-likeness (QED) is 0.502. The van der Waals surface area contributed by atoms with E-state index in [9.17, 15) is 18.0 Å². The molecule has 0 aliphatic rings. The standard InChI is InChI=1S/C11H7F3O2S/c12-11(13,14)16-10-5-8(2-1-3-17)4-9(6-10)7-15/h4-7,17H,3H2. The maximum absolute atomic E-state index is 12.0. The number of thiol groups is 1. The summed E-state index contributed by atoms with van der Waals surface area (Å²) in [5, 5.41) is 0. The van der Waals surface area contributed by atoms with Crippen molar-refractivity contribution < 1.29 is 22.7 Å². The van der Waals surface area contributed by atoms with Crippen molar-refractivity contribution >= 4 is 18.9 Å². The van der Waals surface area contributed by atoms with Gasteiger partial charge in [-0.05, 0) is 18.2 Å². The van der Waals surface area contributed by atoms with Crippen molar-refractivity contribution in [2.75, 3.05) is 5.75 Å². The summed E-state index contributed by atoms with van der Waals surface area (Å²) in [5.74, 6) is 4.93. The number of alkyl halides is 3. The van der Waals surface area contributed by atoms with Crippen molar-refractivity contribution in [3.63, 3.8) is 0 Å². The van der Waals surface area contributed by atoms with Gasteiger partial charge in [-0.1, -0.05) is 11.8 Å². The second kappa shape index (κ2) is 5.64. The zero-order chi connectivity index (χ0) is 12.9. The molecule has 0 heterocycles. The molecule has 0 fully saturated rings. The molecule has 0 unspecified atom stereocenters. The molecule has 6 heteroatoms. The van der Waals surface area contributed by atoms with Crippen LogP contribution in [-0.4, -0.2) is 18.4 Å². The number of hydrogen-bond acceptors (Lipinski definition) is 3. The molecule has 1 aromatic carbocycles. The Balaban J connectivity index is 3.09. The maximum Gasteiger partial charge on any atom is 0.573 e. The number of rotatable bonds is 2. The second-order valence-electron chi connectivity index (χ2n) is 2.92. The average Bonchev–Trinajstić information content (AvgIpc) is 2.23. The van der Waals surface area contributed by atoms with Crippen LogP contribution in [0.25, 0.3) is 0 Å². The van der Waals surface area contributed by atoms with E-state index in [-0.39, 0.29) is 16.9 Å². The van der Waals surface area contributed by atoms with Crippen molar-refractivity contribution in [1.29, 1.82) is 0 Å². The summed E-state index contributed by atoms with van der Waals surface area (Å²) in [4.78, 5) is 10.6. The first-order valence-corrected chi connectivity index (χ1v) is 5.03. The highest BCUT2D eigenvalue weighted by molar-refractivity contribution is 7.80. The third-order valence-corrected chi connectivity index (χ3v) is 1.77. The lowest BCUT2D eigenvalue weighted by Crippen LogP contribution is -2.17. The second-order valence-corrected chi connectivity index (χ2v) is 3.23. The first kappa shape index (κ1) is 13.5. The highest BCUT2D eigenvalue weighted by atomic mass is 32.1. The van der Waals surface area contributed by atoms with Crippen LogP contribution in [0.5, 0.6) is 5.75 Å². The van der Waals surface area contributed by atoms with Crippen LogP contribution in [0.3, 0.4) is 0 Å². The fraction of sp³-hybridized carbons (Fsp3) is 0.182. The van der Waals surface area contributed by atoms with Gasteiger partial charge in [-0.15, -0.1) is 13.2 Å². The molecular weight excluding hydrogens is 253 g/mol. The molecule has 0 spiro atoms. The number of carbonyl (C=O) groups is 1. The zero-order valence-electron chi connectivity index (χ0n) is 8.41. The molecule has 0 aliphatic heterocycles. The largest absolute Gasteiger partial charge is 0.573 e. The van der Waals surface area contributed by atoms with Crippen molar-refractivity contribution in [1.82, 2.24) is 0 Å². The molecule has 0 N–H and O–H groups in total. The van der Waals surface area contributed by atoms with Crippen LogP contribution in [0.2, 0.25) is 0 Å². The normalized spacial score (nSPS) is 10.4. The van der Waals surface area contributed by atoms with Crippen molar-refractivity contribution in [2.24, 2.45) is 0 Å². The zero-order valence-corrected chi connectivity index (χ0v) is 9.31. The number of carbonyl (C=O) groups excluding carboxylic acids is 1. The molecule has 0 radical (unpaired) electrons. The summed E-state index contributed by atoms with van der Waals surface area (Å²) in [6.07, 6.45) is -4.37. The summed E-state index contributed by atoms with van der Waals surface area (Å²) in [6.45, 7) is 0. The van der Waals surface area contributed by atoms with Crippen LogP contribution in [0, 0.1) is 11.8 Å². The van der Waals surface area contributed by atoms with E-state index in [0.717, 1.165) is 12.1 Å². The van der Waals surface area contributed by atoms with Gasteiger partial charge in [0, 0.05) is 11.1 Å². The minimum absolute atomic E-state index is 0.0650. The van der Waals surface area contributed by atoms with Crippen LogP contribution in [0.1, 0.15) is 15.9 Å². The van der Waals surface area contributed by atoms with E-state index in [4.69, 9.17) is 0 Å². The first-order chi connectivity index (χ1) is 7.94. The molecule has 90 valence electrons. The van der Waals surface area contributed by atoms with Crippen molar-refractivity contribution in [3.8, 4) is 17.6 Å². The number of aldehydes is 1. The van der Waals surface area contributed by atoms with E-state index >= 15 is 0 Å². The summed E-state index contributed by atoms with van der Waals surface area (Å²) in [7, 11) is 0. The summed E-state index contributed by atoms with van der Waals surface area (Å²) in [5.41, 5.74) is 0.332. The predicted molar refractivity (Wildman–Crippen MR) is 59.2 cm³/mol. The van der Waals surface area contributed by atoms with Gasteiger partial charge in [0.15, 0.2) is 0 Å². The Morgan fingerprint density at radius 3 is 2.59 bits per heavy atom. The number of benzene rings is 1. The van der Waals surface area contributed by atoms with Gasteiger partial charge in [0.05, 0.1) is 5.75 Å². The van der Waals surface area contributed by atoms with Gasteiger partial charge in [0.1, 0.15) is 12.0 Å². The minimum atomic E-state index is -4.80. The van der Waals surface area contributed by atoms with E-state index in [1.54, 1.807) is 0 Å². The number of ether oxygens (including phenoxy) is 1. The van der Waals surface area contributed by atoms with Gasteiger partial charge in [-0.3, -0.25) is 4.79 Å². The molecule has 17 heavy (non-hydrogen) atoms. The van der Waals surface area contributed by atoms with Crippen LogP contribution in [0.4, 0.5) is 13.2 Å². The van der Waals surface area contributed by atoms with Gasteiger partial charge in [0.25, 0.3) is 0 Å². The first-order valence-electron chi connectivity index (χ1n) is 4.40. The predicted octanol–water partition coefficient (Wildman–Crippen LogP) is 2.68. The Kier molecular flexibility index (Phi) is 4.46. The molecule has 2 nitrogen and oxygen atoms in total. The van der Waals surface area contributed by atoms with Crippen LogP contribution >= 0.6 is 12.6 Å². The van der Waals surface area contributed by atoms with Gasteiger partial charge in [0.2, 0.25) is 0 Å². The monoisotopic (exact) mass is 260 g/mol. The molecule has 0 amide bonds. The molecule has 0 saturated heterocycles. The van der Waals surface area contributed by atoms with E-state index in [1.807, 2.05) is 0 Å². The smallest absolute Gasteiger partial charge is 0.406 e. The Morgan fingerprint density at radius 2 is 2.06 bits per heavy atom. The van der Waals surface area contributed by atoms with E-state index in [0.29, 0.717) is 6.29 Å². The highest BCUT2D eigenvalue weighted by Crippen LogP contribution is 2.24. The van der Waals surface area contributed by atoms with Gasteiger partial charge in [-0.25, -0.2) is 0 Å². The van der Waals surface area contributed by atoms with Gasteiger partial charge in [-0.2, -0.15) is 12.6 Å². The molecule has 0 aromatic heterocycles. The fourth-order valence-corrected chi connectivity index (χ4v) is 1.18. The molecule has 0 saturated carbocycles. The summed E-state index contributed by atoms with van der Waals surface area (Å²) < 4.78 is 39.7. The molecule has 0 atom stereocenters. The van der Waals surface area contributed by atoms with E-state index in [2.05, 4.69) is 29.2 Å². The number of halogens is 3. The Morgan fingerprint density at radius 1 is 1.35 bits per heavy atom. The topological polar surface area (TPSA) is 26.3 Å². The molecule has 1 rings (SSSR count). The lowest BCUT2D eigenvalue weighted by molar-refractivity contribution is -0.274. The van der Waals surface area contributed by atoms with Crippen molar-refractivity contribution in [3.05, 3.63) is 29.3 Å². The maximum atomic E-state index is 12.0. The third kappa shape index (κ3) is 4.83.